The van der Waals surface area contributed by atoms with E-state index in [9.17, 15) is 36.6 Å². The highest BCUT2D eigenvalue weighted by molar-refractivity contribution is 6.33. The maximum absolute atomic E-state index is 15.2. The van der Waals surface area contributed by atoms with Gasteiger partial charge >= 0.3 is 6.18 Å². The fraction of sp³-hybridized carbons (Fsp3) is 0.314. The number of aromatic nitrogens is 3. The molecule has 1 fully saturated rings. The summed E-state index contributed by atoms with van der Waals surface area (Å²) < 4.78 is 101. The van der Waals surface area contributed by atoms with Gasteiger partial charge in [0.2, 0.25) is 11.8 Å². The van der Waals surface area contributed by atoms with Gasteiger partial charge in [-0.3, -0.25) is 14.3 Å². The first kappa shape index (κ1) is 35.9. The second-order valence-corrected chi connectivity index (χ2v) is 13.3. The van der Waals surface area contributed by atoms with E-state index in [4.69, 9.17) is 17.3 Å². The molecule has 4 N–H and O–H groups in total. The average Bonchev–Trinajstić information content (AvgIpc) is 3.67. The number of amides is 2. The normalized spacial score (nSPS) is 17.9. The number of rotatable bonds is 8. The molecule has 2 aromatic heterocycles. The highest BCUT2D eigenvalue weighted by atomic mass is 35.5. The summed E-state index contributed by atoms with van der Waals surface area (Å²) in [6.45, 7) is 1.76. The van der Waals surface area contributed by atoms with Crippen molar-refractivity contribution in [3.05, 3.63) is 105 Å². The van der Waals surface area contributed by atoms with E-state index in [1.54, 1.807) is 0 Å². The second-order valence-electron chi connectivity index (χ2n) is 12.9. The lowest BCUT2D eigenvalue weighted by Crippen LogP contribution is -2.35. The molecule has 3 atom stereocenters. The van der Waals surface area contributed by atoms with Crippen LogP contribution in [0.5, 0.6) is 0 Å². The standard InChI is InChI=1S/C35H27ClF7N5O3/c1-33(2,51)8-7-20-4-5-21(17-3-6-25(36)23(12-17)32(44)50)29(45-20)26(11-16-9-18(37)13-19(38)10-16)46-27(49)15-48-31-28(30(47-48)35(41,42)43)22-14-24(22)34(31,39)40/h3-6,9-10,12-13,22,24,26,51H,11,14-15H2,1-2H3,(H2,44,50)(H,46,49)/t22?,24-,26+/m1/s1. The Kier molecular flexibility index (Phi) is 8.92. The first-order chi connectivity index (χ1) is 23.7. The number of carbonyl (C=O) groups excluding carboxylic acids is 2. The maximum Gasteiger partial charge on any atom is 0.435 e. The Balaban J connectivity index is 1.46. The Morgan fingerprint density at radius 3 is 2.43 bits per heavy atom. The van der Waals surface area contributed by atoms with Crippen molar-refractivity contribution in [2.45, 2.75) is 62.9 Å². The summed E-state index contributed by atoms with van der Waals surface area (Å²) >= 11 is 6.16. The quantitative estimate of drug-likeness (QED) is 0.142. The van der Waals surface area contributed by atoms with Crippen LogP contribution in [-0.4, -0.2) is 37.3 Å². The fourth-order valence-corrected chi connectivity index (χ4v) is 6.51. The molecule has 4 aromatic rings. The molecule has 0 radical (unpaired) electrons. The van der Waals surface area contributed by atoms with Gasteiger partial charge in [0.05, 0.1) is 22.3 Å². The van der Waals surface area contributed by atoms with Crippen LogP contribution in [0, 0.1) is 29.4 Å². The molecule has 2 aliphatic carbocycles. The van der Waals surface area contributed by atoms with Crippen molar-refractivity contribution in [1.82, 2.24) is 20.1 Å². The minimum absolute atomic E-state index is 0.0124. The number of nitrogens with one attached hydrogen (secondary N) is 1. The number of nitrogens with two attached hydrogens (primary N) is 1. The number of aliphatic hydroxyl groups is 1. The molecule has 2 amide bonds. The monoisotopic (exact) mass is 733 g/mol. The zero-order chi connectivity index (χ0) is 37.2. The number of benzene rings is 2. The molecule has 2 aliphatic rings. The predicted molar refractivity (Wildman–Crippen MR) is 169 cm³/mol. The number of nitrogens with zero attached hydrogens (tertiary/aromatic N) is 3. The van der Waals surface area contributed by atoms with Crippen LogP contribution in [0.4, 0.5) is 30.7 Å². The molecule has 0 saturated heterocycles. The maximum atomic E-state index is 15.2. The number of primary amides is 1. The van der Waals surface area contributed by atoms with E-state index < -0.39 is 82.5 Å². The van der Waals surface area contributed by atoms with Gasteiger partial charge in [-0.05, 0) is 86.1 Å². The van der Waals surface area contributed by atoms with Crippen molar-refractivity contribution in [2.24, 2.45) is 11.7 Å². The smallest absolute Gasteiger partial charge is 0.378 e. The van der Waals surface area contributed by atoms with Gasteiger partial charge in [0.25, 0.3) is 5.92 Å². The predicted octanol–water partition coefficient (Wildman–Crippen LogP) is 6.43. The lowest BCUT2D eigenvalue weighted by molar-refractivity contribution is -0.142. The van der Waals surface area contributed by atoms with Crippen LogP contribution in [0.1, 0.15) is 76.5 Å². The molecule has 2 heterocycles. The van der Waals surface area contributed by atoms with Crippen molar-refractivity contribution in [3.63, 3.8) is 0 Å². The summed E-state index contributed by atoms with van der Waals surface area (Å²) in [5.74, 6) is -4.61. The lowest BCUT2D eigenvalue weighted by Gasteiger charge is -2.23. The van der Waals surface area contributed by atoms with Gasteiger partial charge in [0.1, 0.15) is 35.2 Å². The molecule has 0 aliphatic heterocycles. The van der Waals surface area contributed by atoms with Gasteiger partial charge in [0, 0.05) is 23.1 Å². The largest absolute Gasteiger partial charge is 0.435 e. The molecule has 2 aromatic carbocycles. The van der Waals surface area contributed by atoms with E-state index in [1.807, 2.05) is 0 Å². The van der Waals surface area contributed by atoms with E-state index in [0.29, 0.717) is 16.3 Å². The lowest BCUT2D eigenvalue weighted by atomic mass is 9.94. The van der Waals surface area contributed by atoms with Gasteiger partial charge in [-0.15, -0.1) is 0 Å². The molecule has 51 heavy (non-hydrogen) atoms. The zero-order valence-electron chi connectivity index (χ0n) is 26.7. The van der Waals surface area contributed by atoms with Crippen LogP contribution in [0.15, 0.2) is 48.5 Å². The van der Waals surface area contributed by atoms with Crippen LogP contribution in [0.2, 0.25) is 5.02 Å². The number of alkyl halides is 5. The zero-order valence-corrected chi connectivity index (χ0v) is 27.4. The average molecular weight is 734 g/mol. The molecule has 1 unspecified atom stereocenters. The van der Waals surface area contributed by atoms with E-state index in [2.05, 4.69) is 27.2 Å². The van der Waals surface area contributed by atoms with Gasteiger partial charge in [0.15, 0.2) is 5.69 Å². The second kappa shape index (κ2) is 12.7. The Bertz CT molecular complexity index is 2130. The Hall–Kier alpha value is -4.94. The molecular formula is C35H27ClF7N5O3. The molecule has 1 saturated carbocycles. The summed E-state index contributed by atoms with van der Waals surface area (Å²) in [7, 11) is 0. The number of hydrogen-bond donors (Lipinski definition) is 3. The fourth-order valence-electron chi connectivity index (χ4n) is 6.30. The summed E-state index contributed by atoms with van der Waals surface area (Å²) in [5.41, 5.74) is 1.43. The van der Waals surface area contributed by atoms with Crippen molar-refractivity contribution in [2.75, 3.05) is 0 Å². The molecule has 0 spiro atoms. The molecule has 6 rings (SSSR count). The van der Waals surface area contributed by atoms with Crippen LogP contribution in [-0.2, 0) is 29.9 Å². The van der Waals surface area contributed by atoms with Crippen LogP contribution in [0.3, 0.4) is 0 Å². The minimum Gasteiger partial charge on any atom is -0.378 e. The van der Waals surface area contributed by atoms with Gasteiger partial charge in [-0.25, -0.2) is 13.8 Å². The number of fused-ring (bicyclic) bond motifs is 3. The minimum atomic E-state index is -5.06. The summed E-state index contributed by atoms with van der Waals surface area (Å²) in [5, 5.41) is 16.2. The molecule has 0 bridgehead atoms. The number of carbonyl (C=O) groups is 2. The third-order valence-electron chi connectivity index (χ3n) is 8.49. The summed E-state index contributed by atoms with van der Waals surface area (Å²) in [6, 6.07) is 8.41. The first-order valence-electron chi connectivity index (χ1n) is 15.4. The van der Waals surface area contributed by atoms with Gasteiger partial charge in [-0.2, -0.15) is 27.1 Å². The first-order valence-corrected chi connectivity index (χ1v) is 15.8. The Morgan fingerprint density at radius 2 is 1.80 bits per heavy atom. The van der Waals surface area contributed by atoms with Gasteiger partial charge < -0.3 is 16.2 Å². The van der Waals surface area contributed by atoms with E-state index in [-0.39, 0.29) is 45.9 Å². The van der Waals surface area contributed by atoms with Crippen LogP contribution < -0.4 is 11.1 Å². The molecule has 16 heteroatoms. The third kappa shape index (κ3) is 7.29. The van der Waals surface area contributed by atoms with Crippen LogP contribution >= 0.6 is 11.6 Å². The topological polar surface area (TPSA) is 123 Å². The third-order valence-corrected chi connectivity index (χ3v) is 8.81. The van der Waals surface area contributed by atoms with E-state index in [1.165, 1.54) is 44.2 Å². The Morgan fingerprint density at radius 1 is 1.12 bits per heavy atom. The molecule has 266 valence electrons. The Labute approximate surface area is 290 Å². The molecule has 8 nitrogen and oxygen atoms in total. The molecular weight excluding hydrogens is 707 g/mol. The number of pyridine rings is 1. The summed E-state index contributed by atoms with van der Waals surface area (Å²) in [4.78, 5) is 30.3. The highest BCUT2D eigenvalue weighted by Gasteiger charge is 2.68. The number of halogens is 8. The van der Waals surface area contributed by atoms with Crippen molar-refractivity contribution in [3.8, 4) is 23.0 Å². The summed E-state index contributed by atoms with van der Waals surface area (Å²) in [6.07, 6.45) is -5.57. The SMILES string of the molecule is CC(C)(O)C#Cc1ccc(-c2ccc(Cl)c(C(N)=O)c2)c([C@H](Cc2cc(F)cc(F)c2)NC(=O)Cn2nc(C(F)(F)F)c3c2C(F)(F)[C@@H]2CC32)n1. The van der Waals surface area contributed by atoms with Crippen LogP contribution in [0.25, 0.3) is 11.1 Å². The van der Waals surface area contributed by atoms with Gasteiger partial charge in [-0.1, -0.05) is 23.6 Å². The number of hydrogen-bond acceptors (Lipinski definition) is 5. The van der Waals surface area contributed by atoms with E-state index in [0.717, 1.165) is 12.1 Å². The van der Waals surface area contributed by atoms with Crippen molar-refractivity contribution >= 4 is 23.4 Å². The van der Waals surface area contributed by atoms with E-state index >= 15 is 8.78 Å². The highest BCUT2D eigenvalue weighted by Crippen LogP contribution is 2.68. The van der Waals surface area contributed by atoms with Crippen molar-refractivity contribution < 1.29 is 45.4 Å². The van der Waals surface area contributed by atoms with Crippen molar-refractivity contribution in [1.29, 1.82) is 0 Å².